The Morgan fingerprint density at radius 2 is 1.65 bits per heavy atom. The molecule has 0 unspecified atom stereocenters. The van der Waals surface area contributed by atoms with E-state index in [1.807, 2.05) is 81.4 Å². The first-order valence-electron chi connectivity index (χ1n) is 11.9. The predicted molar refractivity (Wildman–Crippen MR) is 141 cm³/mol. The van der Waals surface area contributed by atoms with Gasteiger partial charge in [-0.2, -0.15) is 0 Å². The highest BCUT2D eigenvalue weighted by molar-refractivity contribution is 5.90. The van der Waals surface area contributed by atoms with Crippen molar-refractivity contribution in [3.05, 3.63) is 89.7 Å². The van der Waals surface area contributed by atoms with Crippen LogP contribution >= 0.6 is 0 Å². The molecule has 4 rings (SSSR count). The number of hydrogen-bond donors (Lipinski definition) is 0. The van der Waals surface area contributed by atoms with Gasteiger partial charge in [-0.05, 0) is 68.3 Å². The summed E-state index contributed by atoms with van der Waals surface area (Å²) in [6, 6.07) is 21.2. The SMILES string of the molecule is COc1ccc(COc2ccc(Cc3cc(-c4cccnc4N(C)C(=O)OC(C)(C)C)on3)cc2)cc1. The van der Waals surface area contributed by atoms with Gasteiger partial charge in [0, 0.05) is 25.7 Å². The third kappa shape index (κ3) is 6.88. The number of pyridine rings is 1. The molecule has 4 aromatic rings. The Morgan fingerprint density at radius 1 is 0.973 bits per heavy atom. The van der Waals surface area contributed by atoms with Crippen molar-refractivity contribution in [1.82, 2.24) is 10.1 Å². The lowest BCUT2D eigenvalue weighted by molar-refractivity contribution is 0.0588. The van der Waals surface area contributed by atoms with Crippen LogP contribution < -0.4 is 14.4 Å². The van der Waals surface area contributed by atoms with E-state index >= 15 is 0 Å². The Bertz CT molecular complexity index is 1320. The third-order valence-electron chi connectivity index (χ3n) is 5.47. The second-order valence-corrected chi connectivity index (χ2v) is 9.55. The molecule has 0 bridgehead atoms. The van der Waals surface area contributed by atoms with E-state index in [-0.39, 0.29) is 0 Å². The quantitative estimate of drug-likeness (QED) is 0.280. The standard InChI is InChI=1S/C29H31N3O5/c1-29(2,3)36-28(33)32(4)27-25(7-6-16-30-27)26-18-22(31-37-26)17-20-8-14-24(15-9-20)35-19-21-10-12-23(34-5)13-11-21/h6-16,18H,17,19H2,1-5H3. The highest BCUT2D eigenvalue weighted by Gasteiger charge is 2.24. The summed E-state index contributed by atoms with van der Waals surface area (Å²) in [4.78, 5) is 18.3. The highest BCUT2D eigenvalue weighted by Crippen LogP contribution is 2.30. The van der Waals surface area contributed by atoms with Crippen LogP contribution in [0.4, 0.5) is 10.6 Å². The molecule has 0 saturated heterocycles. The predicted octanol–water partition coefficient (Wildman–Crippen LogP) is 6.29. The first-order chi connectivity index (χ1) is 17.7. The van der Waals surface area contributed by atoms with E-state index in [0.29, 0.717) is 30.2 Å². The van der Waals surface area contributed by atoms with Gasteiger partial charge < -0.3 is 18.7 Å². The summed E-state index contributed by atoms with van der Waals surface area (Å²) in [5, 5.41) is 4.23. The number of hydrogen-bond acceptors (Lipinski definition) is 7. The van der Waals surface area contributed by atoms with E-state index in [4.69, 9.17) is 18.7 Å². The molecule has 1 amide bonds. The van der Waals surface area contributed by atoms with Gasteiger partial charge in [0.15, 0.2) is 5.76 Å². The second-order valence-electron chi connectivity index (χ2n) is 9.55. The molecule has 0 spiro atoms. The van der Waals surface area contributed by atoms with Crippen LogP contribution in [-0.4, -0.2) is 36.0 Å². The van der Waals surface area contributed by atoms with Crippen molar-refractivity contribution in [2.45, 2.75) is 39.4 Å². The maximum Gasteiger partial charge on any atom is 0.415 e. The number of anilines is 1. The van der Waals surface area contributed by atoms with E-state index in [2.05, 4.69) is 10.1 Å². The van der Waals surface area contributed by atoms with Crippen LogP contribution in [0.2, 0.25) is 0 Å². The second kappa shape index (κ2) is 11.2. The van der Waals surface area contributed by atoms with Crippen LogP contribution in [0.5, 0.6) is 11.5 Å². The van der Waals surface area contributed by atoms with Crippen LogP contribution in [0, 0.1) is 0 Å². The molecule has 2 heterocycles. The molecule has 192 valence electrons. The first kappa shape index (κ1) is 25.8. The Hall–Kier alpha value is -4.33. The van der Waals surface area contributed by atoms with Gasteiger partial charge in [0.2, 0.25) is 0 Å². The number of nitrogens with zero attached hydrogens (tertiary/aromatic N) is 3. The molecule has 0 aliphatic rings. The van der Waals surface area contributed by atoms with Crippen molar-refractivity contribution in [3.63, 3.8) is 0 Å². The van der Waals surface area contributed by atoms with Gasteiger partial charge in [0.1, 0.15) is 29.5 Å². The average Bonchev–Trinajstić information content (AvgIpc) is 3.35. The summed E-state index contributed by atoms with van der Waals surface area (Å²) in [5.74, 6) is 2.55. The maximum absolute atomic E-state index is 12.6. The molecule has 8 heteroatoms. The fourth-order valence-corrected chi connectivity index (χ4v) is 3.60. The first-order valence-corrected chi connectivity index (χ1v) is 11.9. The molecule has 2 aromatic heterocycles. The van der Waals surface area contributed by atoms with Gasteiger partial charge in [-0.1, -0.05) is 29.4 Å². The largest absolute Gasteiger partial charge is 0.497 e. The zero-order valence-corrected chi connectivity index (χ0v) is 21.7. The van der Waals surface area contributed by atoms with Crippen LogP contribution in [0.25, 0.3) is 11.3 Å². The summed E-state index contributed by atoms with van der Waals surface area (Å²) < 4.78 is 22.2. The molecular weight excluding hydrogens is 470 g/mol. The van der Waals surface area contributed by atoms with Crippen molar-refractivity contribution in [1.29, 1.82) is 0 Å². The van der Waals surface area contributed by atoms with Crippen LogP contribution in [0.3, 0.4) is 0 Å². The minimum Gasteiger partial charge on any atom is -0.497 e. The molecule has 0 fully saturated rings. The molecule has 8 nitrogen and oxygen atoms in total. The molecule has 0 saturated carbocycles. The van der Waals surface area contributed by atoms with E-state index in [0.717, 1.165) is 28.3 Å². The molecule has 0 aliphatic carbocycles. The Morgan fingerprint density at radius 3 is 2.32 bits per heavy atom. The fourth-order valence-electron chi connectivity index (χ4n) is 3.60. The summed E-state index contributed by atoms with van der Waals surface area (Å²) in [7, 11) is 3.27. The van der Waals surface area contributed by atoms with Gasteiger partial charge in [0.25, 0.3) is 0 Å². The van der Waals surface area contributed by atoms with Crippen molar-refractivity contribution < 1.29 is 23.5 Å². The number of rotatable bonds is 8. The van der Waals surface area contributed by atoms with Crippen molar-refractivity contribution in [3.8, 4) is 22.8 Å². The lowest BCUT2D eigenvalue weighted by Gasteiger charge is -2.24. The average molecular weight is 502 g/mol. The summed E-state index contributed by atoms with van der Waals surface area (Å²) >= 11 is 0. The van der Waals surface area contributed by atoms with Gasteiger partial charge >= 0.3 is 6.09 Å². The van der Waals surface area contributed by atoms with Gasteiger partial charge in [0.05, 0.1) is 18.4 Å². The lowest BCUT2D eigenvalue weighted by Crippen LogP contribution is -2.34. The highest BCUT2D eigenvalue weighted by atomic mass is 16.6. The molecule has 0 atom stereocenters. The molecule has 0 aliphatic heterocycles. The molecule has 0 N–H and O–H groups in total. The Balaban J connectivity index is 1.40. The van der Waals surface area contributed by atoms with Gasteiger partial charge in [-0.3, -0.25) is 4.90 Å². The number of carbonyl (C=O) groups is 1. The Kier molecular flexibility index (Phi) is 7.77. The van der Waals surface area contributed by atoms with Gasteiger partial charge in [-0.15, -0.1) is 0 Å². The zero-order chi connectivity index (χ0) is 26.4. The minimum absolute atomic E-state index is 0.429. The number of amides is 1. The lowest BCUT2D eigenvalue weighted by atomic mass is 10.1. The third-order valence-corrected chi connectivity index (χ3v) is 5.47. The normalized spacial score (nSPS) is 11.2. The van der Waals surface area contributed by atoms with Crippen molar-refractivity contribution in [2.75, 3.05) is 19.1 Å². The molecule has 37 heavy (non-hydrogen) atoms. The van der Waals surface area contributed by atoms with E-state index in [1.165, 1.54) is 4.90 Å². The van der Waals surface area contributed by atoms with E-state index in [1.54, 1.807) is 26.4 Å². The maximum atomic E-state index is 12.6. The number of ether oxygens (including phenoxy) is 3. The smallest absolute Gasteiger partial charge is 0.415 e. The number of aromatic nitrogens is 2. The molecule has 0 radical (unpaired) electrons. The van der Waals surface area contributed by atoms with E-state index < -0.39 is 11.7 Å². The number of methoxy groups -OCH3 is 1. The summed E-state index contributed by atoms with van der Waals surface area (Å²) in [6.45, 7) is 5.93. The monoisotopic (exact) mass is 501 g/mol. The zero-order valence-electron chi connectivity index (χ0n) is 21.7. The Labute approximate surface area is 216 Å². The van der Waals surface area contributed by atoms with Gasteiger partial charge in [-0.25, -0.2) is 9.78 Å². The fraction of sp³-hybridized carbons (Fsp3) is 0.276. The summed E-state index contributed by atoms with van der Waals surface area (Å²) in [5.41, 5.74) is 2.92. The minimum atomic E-state index is -0.615. The molecular formula is C29H31N3O5. The van der Waals surface area contributed by atoms with Crippen LogP contribution in [0.15, 0.2) is 77.4 Å². The van der Waals surface area contributed by atoms with Crippen molar-refractivity contribution in [2.24, 2.45) is 0 Å². The van der Waals surface area contributed by atoms with Crippen molar-refractivity contribution >= 4 is 11.9 Å². The topological polar surface area (TPSA) is 86.9 Å². The summed E-state index contributed by atoms with van der Waals surface area (Å²) in [6.07, 6.45) is 1.70. The molecule has 2 aromatic carbocycles. The van der Waals surface area contributed by atoms with E-state index in [9.17, 15) is 4.79 Å². The van der Waals surface area contributed by atoms with Crippen LogP contribution in [0.1, 0.15) is 37.6 Å². The number of benzene rings is 2. The number of carbonyl (C=O) groups excluding carboxylic acids is 1. The van der Waals surface area contributed by atoms with Crippen LogP contribution in [-0.2, 0) is 17.8 Å².